The highest BCUT2D eigenvalue weighted by Gasteiger charge is 2.26. The fourth-order valence-electron chi connectivity index (χ4n) is 2.30. The van der Waals surface area contributed by atoms with Crippen LogP contribution in [0, 0.1) is 5.92 Å². The van der Waals surface area contributed by atoms with Crippen molar-refractivity contribution < 1.29 is 9.53 Å². The molecule has 1 amide bonds. The van der Waals surface area contributed by atoms with Crippen molar-refractivity contribution in [2.45, 2.75) is 26.2 Å². The highest BCUT2D eigenvalue weighted by molar-refractivity contribution is 7.16. The van der Waals surface area contributed by atoms with Gasteiger partial charge in [0.2, 0.25) is 5.88 Å². The van der Waals surface area contributed by atoms with Crippen molar-refractivity contribution in [2.75, 3.05) is 19.7 Å². The SMILES string of the molecule is CCCN(CC1CC1)C(=O)COc1ncnc2sccc12. The molecule has 0 N–H and O–H groups in total. The molecule has 3 rings (SSSR count). The van der Waals surface area contributed by atoms with Gasteiger partial charge < -0.3 is 9.64 Å². The second-order valence-electron chi connectivity index (χ2n) is 5.39. The molecule has 0 radical (unpaired) electrons. The number of hydrogen-bond acceptors (Lipinski definition) is 5. The van der Waals surface area contributed by atoms with Gasteiger partial charge in [0.05, 0.1) is 5.39 Å². The third-order valence-electron chi connectivity index (χ3n) is 3.58. The Hall–Kier alpha value is -1.69. The number of rotatable bonds is 7. The molecular formula is C15H19N3O2S. The van der Waals surface area contributed by atoms with Crippen LogP contribution >= 0.6 is 11.3 Å². The first kappa shape index (κ1) is 14.3. The summed E-state index contributed by atoms with van der Waals surface area (Å²) in [6.45, 7) is 3.81. The van der Waals surface area contributed by atoms with Crippen molar-refractivity contribution in [3.63, 3.8) is 0 Å². The largest absolute Gasteiger partial charge is 0.467 e. The average molecular weight is 305 g/mol. The van der Waals surface area contributed by atoms with Crippen molar-refractivity contribution in [2.24, 2.45) is 5.92 Å². The molecule has 1 aliphatic carbocycles. The molecule has 2 heterocycles. The summed E-state index contributed by atoms with van der Waals surface area (Å²) < 4.78 is 5.63. The first-order valence-electron chi connectivity index (χ1n) is 7.36. The summed E-state index contributed by atoms with van der Waals surface area (Å²) >= 11 is 1.54. The fraction of sp³-hybridized carbons (Fsp3) is 0.533. The number of carbonyl (C=O) groups is 1. The van der Waals surface area contributed by atoms with Crippen LogP contribution in [0.1, 0.15) is 26.2 Å². The van der Waals surface area contributed by atoms with Crippen LogP contribution in [0.15, 0.2) is 17.8 Å². The Morgan fingerprint density at radius 1 is 1.48 bits per heavy atom. The second kappa shape index (κ2) is 6.39. The maximum Gasteiger partial charge on any atom is 0.260 e. The van der Waals surface area contributed by atoms with Crippen molar-refractivity contribution in [3.8, 4) is 5.88 Å². The molecule has 6 heteroatoms. The summed E-state index contributed by atoms with van der Waals surface area (Å²) in [6, 6.07) is 1.92. The first-order chi connectivity index (χ1) is 10.3. The zero-order valence-corrected chi connectivity index (χ0v) is 12.9. The van der Waals surface area contributed by atoms with E-state index in [9.17, 15) is 4.79 Å². The lowest BCUT2D eigenvalue weighted by molar-refractivity contribution is -0.133. The van der Waals surface area contributed by atoms with Gasteiger partial charge >= 0.3 is 0 Å². The molecule has 1 fully saturated rings. The standard InChI is InChI=1S/C15H19N3O2S/c1-2-6-18(8-11-3-4-11)13(19)9-20-14-12-5-7-21-15(12)17-10-16-14/h5,7,10-11H,2-4,6,8-9H2,1H3. The molecule has 112 valence electrons. The minimum absolute atomic E-state index is 0.0470. The first-order valence-corrected chi connectivity index (χ1v) is 8.24. The minimum Gasteiger partial charge on any atom is -0.467 e. The molecule has 0 spiro atoms. The fourth-order valence-corrected chi connectivity index (χ4v) is 3.03. The van der Waals surface area contributed by atoms with Crippen molar-refractivity contribution in [3.05, 3.63) is 17.8 Å². The summed E-state index contributed by atoms with van der Waals surface area (Å²) in [5.74, 6) is 1.24. The molecule has 0 atom stereocenters. The van der Waals surface area contributed by atoms with Gasteiger partial charge in [0.15, 0.2) is 6.61 Å². The van der Waals surface area contributed by atoms with Gasteiger partial charge in [0.1, 0.15) is 11.2 Å². The van der Waals surface area contributed by atoms with Crippen molar-refractivity contribution in [1.82, 2.24) is 14.9 Å². The number of fused-ring (bicyclic) bond motifs is 1. The topological polar surface area (TPSA) is 55.3 Å². The normalized spacial score (nSPS) is 14.3. The van der Waals surface area contributed by atoms with E-state index >= 15 is 0 Å². The van der Waals surface area contributed by atoms with E-state index in [0.717, 1.165) is 29.7 Å². The number of thiophene rings is 1. The van der Waals surface area contributed by atoms with E-state index in [1.165, 1.54) is 19.2 Å². The summed E-state index contributed by atoms with van der Waals surface area (Å²) in [5.41, 5.74) is 0. The van der Waals surface area contributed by atoms with E-state index in [1.807, 2.05) is 16.3 Å². The van der Waals surface area contributed by atoms with Crippen molar-refractivity contribution >= 4 is 27.5 Å². The molecule has 2 aromatic heterocycles. The Morgan fingerprint density at radius 2 is 2.33 bits per heavy atom. The molecule has 0 aromatic carbocycles. The Bertz CT molecular complexity index is 624. The van der Waals surface area contributed by atoms with E-state index in [-0.39, 0.29) is 12.5 Å². The molecule has 21 heavy (non-hydrogen) atoms. The molecule has 2 aromatic rings. The Morgan fingerprint density at radius 3 is 3.10 bits per heavy atom. The Balaban J connectivity index is 1.62. The second-order valence-corrected chi connectivity index (χ2v) is 6.28. The van der Waals surface area contributed by atoms with E-state index in [2.05, 4.69) is 16.9 Å². The van der Waals surface area contributed by atoms with Gasteiger partial charge in [0, 0.05) is 13.1 Å². The molecule has 1 aliphatic rings. The lowest BCUT2D eigenvalue weighted by Gasteiger charge is -2.21. The van der Waals surface area contributed by atoms with Crippen LogP contribution in [0.3, 0.4) is 0 Å². The van der Waals surface area contributed by atoms with Gasteiger partial charge in [-0.2, -0.15) is 0 Å². The van der Waals surface area contributed by atoms with Gasteiger partial charge in [-0.1, -0.05) is 6.92 Å². The van der Waals surface area contributed by atoms with Crippen LogP contribution in [0.5, 0.6) is 5.88 Å². The van der Waals surface area contributed by atoms with Crippen LogP contribution in [0.25, 0.3) is 10.2 Å². The Kier molecular flexibility index (Phi) is 4.34. The third-order valence-corrected chi connectivity index (χ3v) is 4.40. The lowest BCUT2D eigenvalue weighted by Crippen LogP contribution is -2.37. The van der Waals surface area contributed by atoms with E-state index in [0.29, 0.717) is 11.8 Å². The number of ether oxygens (including phenoxy) is 1. The maximum absolute atomic E-state index is 12.3. The van der Waals surface area contributed by atoms with Crippen LogP contribution in [-0.4, -0.2) is 40.5 Å². The molecular weight excluding hydrogens is 286 g/mol. The average Bonchev–Trinajstić information content (AvgIpc) is 3.17. The van der Waals surface area contributed by atoms with Gasteiger partial charge in [0.25, 0.3) is 5.91 Å². The van der Waals surface area contributed by atoms with Crippen LogP contribution in [0.4, 0.5) is 0 Å². The van der Waals surface area contributed by atoms with E-state index < -0.39 is 0 Å². The Labute approximate surface area is 128 Å². The minimum atomic E-state index is 0.0470. The zero-order chi connectivity index (χ0) is 14.7. The van der Waals surface area contributed by atoms with E-state index in [4.69, 9.17) is 4.74 Å². The van der Waals surface area contributed by atoms with Crippen LogP contribution < -0.4 is 4.74 Å². The maximum atomic E-state index is 12.3. The summed E-state index contributed by atoms with van der Waals surface area (Å²) in [4.78, 5) is 23.4. The van der Waals surface area contributed by atoms with Gasteiger partial charge in [-0.05, 0) is 36.6 Å². The summed E-state index contributed by atoms with van der Waals surface area (Å²) in [5, 5.41) is 2.82. The molecule has 0 aliphatic heterocycles. The smallest absolute Gasteiger partial charge is 0.260 e. The zero-order valence-electron chi connectivity index (χ0n) is 12.1. The van der Waals surface area contributed by atoms with E-state index in [1.54, 1.807) is 11.3 Å². The molecule has 0 saturated heterocycles. The quantitative estimate of drug-likeness (QED) is 0.789. The molecule has 0 unspecified atom stereocenters. The van der Waals surface area contributed by atoms with Crippen LogP contribution in [0.2, 0.25) is 0 Å². The highest BCUT2D eigenvalue weighted by Crippen LogP contribution is 2.30. The summed E-state index contributed by atoms with van der Waals surface area (Å²) in [6.07, 6.45) is 4.94. The van der Waals surface area contributed by atoms with Gasteiger partial charge in [-0.3, -0.25) is 4.79 Å². The highest BCUT2D eigenvalue weighted by atomic mass is 32.1. The predicted octanol–water partition coefficient (Wildman–Crippen LogP) is 2.72. The molecule has 1 saturated carbocycles. The number of aromatic nitrogens is 2. The number of amides is 1. The van der Waals surface area contributed by atoms with Gasteiger partial charge in [-0.25, -0.2) is 9.97 Å². The van der Waals surface area contributed by atoms with Crippen LogP contribution in [-0.2, 0) is 4.79 Å². The van der Waals surface area contributed by atoms with Crippen molar-refractivity contribution in [1.29, 1.82) is 0 Å². The lowest BCUT2D eigenvalue weighted by atomic mass is 10.3. The number of carbonyl (C=O) groups excluding carboxylic acids is 1. The monoisotopic (exact) mass is 305 g/mol. The summed E-state index contributed by atoms with van der Waals surface area (Å²) in [7, 11) is 0. The third kappa shape index (κ3) is 3.50. The number of hydrogen-bond donors (Lipinski definition) is 0. The molecule has 0 bridgehead atoms. The number of nitrogens with zero attached hydrogens (tertiary/aromatic N) is 3. The van der Waals surface area contributed by atoms with Gasteiger partial charge in [-0.15, -0.1) is 11.3 Å². The predicted molar refractivity (Wildman–Crippen MR) is 82.5 cm³/mol. The molecule has 5 nitrogen and oxygen atoms in total.